The standard InChI is InChI=1S/C19H34BrNO3.C14H26BrNO.C14H22BrNO.3CH4/c1-7-13-9-14(8-2)15(10-13)11-21-16(22)18(3,4)12-19(5,20)17(23)24-6;2*1-5-10-7-11(6-2)12(8-10)9-16-13(17)14(3,4)15;;;/h13-15H,7-12H2,1-6H3,(H,21,22);10-12H,5-9H2,1-4H3,(H,16,17);5-6,10-12H,1-2,7-9H2,3-4H3,(H,16,17);3*1H4. The van der Waals surface area contributed by atoms with E-state index in [1.54, 1.807) is 6.92 Å². The van der Waals surface area contributed by atoms with Crippen molar-refractivity contribution in [1.82, 2.24) is 16.0 Å². The van der Waals surface area contributed by atoms with Gasteiger partial charge in [0.15, 0.2) is 0 Å². The van der Waals surface area contributed by atoms with Gasteiger partial charge >= 0.3 is 5.97 Å². The number of nitrogens with one attached hydrogen (secondary N) is 3. The number of ether oxygens (including phenoxy) is 1. The average molecular weight is 1060 g/mol. The maximum atomic E-state index is 12.7. The smallest absolute Gasteiger partial charge is 0.322 e. The number of hydrogen-bond donors (Lipinski definition) is 3. The fourth-order valence-electron chi connectivity index (χ4n) is 9.29. The van der Waals surface area contributed by atoms with E-state index in [9.17, 15) is 19.2 Å². The van der Waals surface area contributed by atoms with Gasteiger partial charge in [-0.25, -0.2) is 0 Å². The number of hydrogen-bond acceptors (Lipinski definition) is 5. The molecule has 11 heteroatoms. The van der Waals surface area contributed by atoms with Gasteiger partial charge < -0.3 is 20.7 Å². The molecule has 0 aliphatic heterocycles. The zero-order valence-corrected chi connectivity index (χ0v) is 43.1. The van der Waals surface area contributed by atoms with Crippen LogP contribution in [0.3, 0.4) is 0 Å². The molecule has 3 N–H and O–H groups in total. The fourth-order valence-corrected chi connectivity index (χ4v) is 10.4. The van der Waals surface area contributed by atoms with Crippen molar-refractivity contribution in [2.24, 2.45) is 58.7 Å². The minimum atomic E-state index is -0.852. The van der Waals surface area contributed by atoms with Gasteiger partial charge in [0.1, 0.15) is 4.32 Å². The Morgan fingerprint density at radius 2 is 0.951 bits per heavy atom. The van der Waals surface area contributed by atoms with E-state index < -0.39 is 18.4 Å². The van der Waals surface area contributed by atoms with E-state index in [0.29, 0.717) is 36.0 Å². The first-order valence-corrected chi connectivity index (χ1v) is 24.5. The number of methoxy groups -OCH3 is 1. The minimum absolute atomic E-state index is 0. The van der Waals surface area contributed by atoms with Gasteiger partial charge in [0.25, 0.3) is 0 Å². The Morgan fingerprint density at radius 3 is 1.28 bits per heavy atom. The monoisotopic (exact) mass is 1050 g/mol. The molecule has 0 bridgehead atoms. The van der Waals surface area contributed by atoms with Gasteiger partial charge in [-0.15, -0.1) is 13.2 Å². The first kappa shape index (κ1) is 64.1. The number of amides is 3. The van der Waals surface area contributed by atoms with Crippen molar-refractivity contribution in [3.8, 4) is 0 Å². The molecule has 3 fully saturated rings. The van der Waals surface area contributed by atoms with Gasteiger partial charge in [-0.2, -0.15) is 0 Å². The van der Waals surface area contributed by atoms with Crippen LogP contribution >= 0.6 is 47.8 Å². The summed E-state index contributed by atoms with van der Waals surface area (Å²) in [7, 11) is 1.37. The molecule has 0 radical (unpaired) electrons. The summed E-state index contributed by atoms with van der Waals surface area (Å²) in [5.74, 6) is 5.82. The van der Waals surface area contributed by atoms with Crippen molar-refractivity contribution in [1.29, 1.82) is 0 Å². The molecule has 3 amide bonds. The van der Waals surface area contributed by atoms with Crippen LogP contribution in [0, 0.1) is 58.7 Å². The molecule has 3 aliphatic carbocycles. The van der Waals surface area contributed by atoms with Crippen LogP contribution in [0.4, 0.5) is 0 Å². The molecule has 0 spiro atoms. The van der Waals surface area contributed by atoms with E-state index in [2.05, 4.69) is 105 Å². The number of carbonyl (C=O) groups is 4. The third kappa shape index (κ3) is 21.6. The highest BCUT2D eigenvalue weighted by molar-refractivity contribution is 9.10. The van der Waals surface area contributed by atoms with Crippen LogP contribution in [0.15, 0.2) is 25.3 Å². The molecule has 8 nitrogen and oxygen atoms in total. The van der Waals surface area contributed by atoms with Crippen LogP contribution in [-0.2, 0) is 23.9 Å². The Kier molecular flexibility index (Phi) is 30.8. The third-order valence-electron chi connectivity index (χ3n) is 13.2. The molecular formula is C50H94Br3N3O5. The highest BCUT2D eigenvalue weighted by Gasteiger charge is 2.42. The molecular weight excluding hydrogens is 962 g/mol. The Bertz CT molecular complexity index is 1320. The summed E-state index contributed by atoms with van der Waals surface area (Å²) in [6.45, 7) is 32.1. The third-order valence-corrected chi connectivity index (χ3v) is 14.5. The van der Waals surface area contributed by atoms with Gasteiger partial charge in [0.2, 0.25) is 17.7 Å². The zero-order chi connectivity index (χ0) is 44.6. The van der Waals surface area contributed by atoms with E-state index in [1.165, 1.54) is 58.5 Å². The van der Waals surface area contributed by atoms with Crippen LogP contribution in [-0.4, -0.2) is 63.4 Å². The molecule has 61 heavy (non-hydrogen) atoms. The van der Waals surface area contributed by atoms with E-state index in [4.69, 9.17) is 4.74 Å². The second kappa shape index (κ2) is 29.4. The second-order valence-corrected chi connectivity index (χ2v) is 25.0. The van der Waals surface area contributed by atoms with Gasteiger partial charge in [-0.3, -0.25) is 19.2 Å². The molecule has 0 aromatic rings. The number of esters is 1. The zero-order valence-electron chi connectivity index (χ0n) is 38.3. The summed E-state index contributed by atoms with van der Waals surface area (Å²) < 4.78 is 3.03. The van der Waals surface area contributed by atoms with Gasteiger partial charge in [-0.1, -0.05) is 149 Å². The number of halogens is 3. The summed E-state index contributed by atoms with van der Waals surface area (Å²) in [4.78, 5) is 48.1. The van der Waals surface area contributed by atoms with E-state index in [1.807, 2.05) is 53.7 Å². The lowest BCUT2D eigenvalue weighted by atomic mass is 9.82. The highest BCUT2D eigenvalue weighted by Crippen LogP contribution is 2.41. The normalized spacial score (nSPS) is 26.7. The number of rotatable bonds is 18. The van der Waals surface area contributed by atoms with Crippen LogP contribution in [0.5, 0.6) is 0 Å². The second-order valence-electron chi connectivity index (χ2n) is 19.3. The first-order valence-electron chi connectivity index (χ1n) is 22.1. The average Bonchev–Trinajstić information content (AvgIpc) is 3.89. The molecule has 0 saturated heterocycles. The topological polar surface area (TPSA) is 114 Å². The van der Waals surface area contributed by atoms with E-state index >= 15 is 0 Å². The lowest BCUT2D eigenvalue weighted by Crippen LogP contribution is -2.45. The number of alkyl halides is 3. The summed E-state index contributed by atoms with van der Waals surface area (Å²) >= 11 is 10.2. The molecule has 10 atom stereocenters. The quantitative estimate of drug-likeness (QED) is 0.0719. The molecule has 0 heterocycles. The van der Waals surface area contributed by atoms with Crippen molar-refractivity contribution < 1.29 is 23.9 Å². The summed E-state index contributed by atoms with van der Waals surface area (Å²) in [6.07, 6.45) is 16.7. The molecule has 3 saturated carbocycles. The van der Waals surface area contributed by atoms with Crippen molar-refractivity contribution in [3.63, 3.8) is 0 Å². The molecule has 0 aromatic heterocycles. The molecule has 0 aromatic carbocycles. The van der Waals surface area contributed by atoms with Crippen molar-refractivity contribution in [3.05, 3.63) is 25.3 Å². The van der Waals surface area contributed by atoms with E-state index in [-0.39, 0.29) is 46.0 Å². The number of carbonyl (C=O) groups excluding carboxylic acids is 4. The predicted molar refractivity (Wildman–Crippen MR) is 274 cm³/mol. The Balaban J connectivity index is -0.000000824. The number of allylic oxidation sites excluding steroid dienone is 2. The Hall–Kier alpha value is -1.20. The van der Waals surface area contributed by atoms with Crippen molar-refractivity contribution in [2.75, 3.05) is 26.7 Å². The molecule has 10 unspecified atom stereocenters. The van der Waals surface area contributed by atoms with Gasteiger partial charge in [-0.05, 0) is 133 Å². The maximum absolute atomic E-state index is 12.7. The fraction of sp³-hybridized carbons (Fsp3) is 0.840. The summed E-state index contributed by atoms with van der Waals surface area (Å²) in [5, 5.41) is 9.23. The van der Waals surface area contributed by atoms with Gasteiger partial charge in [0, 0.05) is 25.0 Å². The Morgan fingerprint density at radius 1 is 0.574 bits per heavy atom. The van der Waals surface area contributed by atoms with E-state index in [0.717, 1.165) is 56.1 Å². The largest absolute Gasteiger partial charge is 0.468 e. The summed E-state index contributed by atoms with van der Waals surface area (Å²) in [6, 6.07) is 0. The van der Waals surface area contributed by atoms with Crippen LogP contribution in [0.2, 0.25) is 0 Å². The summed E-state index contributed by atoms with van der Waals surface area (Å²) in [5.41, 5.74) is -0.642. The van der Waals surface area contributed by atoms with Crippen molar-refractivity contribution in [2.45, 2.75) is 182 Å². The van der Waals surface area contributed by atoms with Crippen LogP contribution in [0.25, 0.3) is 0 Å². The lowest BCUT2D eigenvalue weighted by Gasteiger charge is -2.31. The lowest BCUT2D eigenvalue weighted by molar-refractivity contribution is -0.144. The maximum Gasteiger partial charge on any atom is 0.322 e. The first-order chi connectivity index (χ1) is 26.8. The molecule has 3 aliphatic rings. The SMILES string of the molecule is C.C.C.C=CC1CC(C=C)C(CNC(=O)C(C)(C)Br)C1.CCC1CC(CC)C(CNC(=O)C(C)(C)Br)C1.CCC1CC(CC)C(CNC(=O)C(C)(C)CC(C)(Br)C(=O)OC)C1. The van der Waals surface area contributed by atoms with Gasteiger partial charge in [0.05, 0.1) is 15.8 Å². The molecule has 3 rings (SSSR count). The van der Waals surface area contributed by atoms with Crippen LogP contribution in [0.1, 0.15) is 169 Å². The minimum Gasteiger partial charge on any atom is -0.468 e. The highest BCUT2D eigenvalue weighted by atomic mass is 79.9. The Labute approximate surface area is 401 Å². The molecule has 360 valence electrons. The van der Waals surface area contributed by atoms with Crippen molar-refractivity contribution >= 4 is 71.5 Å². The predicted octanol–water partition coefficient (Wildman–Crippen LogP) is 13.2. The van der Waals surface area contributed by atoms with Crippen LogP contribution < -0.4 is 16.0 Å².